The topological polar surface area (TPSA) is 104 Å². The molecule has 0 amide bonds. The lowest BCUT2D eigenvalue weighted by Gasteiger charge is -2.03. The van der Waals surface area contributed by atoms with Crippen molar-refractivity contribution < 1.29 is 9.90 Å². The first-order chi connectivity index (χ1) is 6.63. The maximum Gasteiger partial charge on any atom is 0.320 e. The molecule has 0 aliphatic heterocycles. The summed E-state index contributed by atoms with van der Waals surface area (Å²) in [5.41, 5.74) is 6.22. The van der Waals surface area contributed by atoms with Crippen LogP contribution in [-0.4, -0.2) is 27.1 Å². The number of hydrogen-bond donors (Lipinski definition) is 4. The Morgan fingerprint density at radius 1 is 1.86 bits per heavy atom. The van der Waals surface area contributed by atoms with E-state index in [-0.39, 0.29) is 0 Å². The Labute approximate surface area is 83.6 Å². The Hall–Kier alpha value is -1.13. The zero-order valence-corrected chi connectivity index (χ0v) is 8.68. The number of carboxylic acid groups (broad SMARTS) is 1. The molecule has 78 valence electrons. The molecule has 1 aromatic heterocycles. The van der Waals surface area contributed by atoms with Crippen molar-refractivity contribution >= 4 is 21.3 Å². The number of anilines is 1. The number of carboxylic acids is 1. The molecule has 1 aromatic rings. The fourth-order valence-electron chi connectivity index (χ4n) is 0.994. The largest absolute Gasteiger partial charge is 0.480 e. The van der Waals surface area contributed by atoms with Crippen molar-refractivity contribution in [3.63, 3.8) is 0 Å². The number of imidazole rings is 1. The number of H-pyrrole nitrogens is 1. The number of nitrogens with zero attached hydrogens (tertiary/aromatic N) is 1. The van der Waals surface area contributed by atoms with E-state index in [1.807, 2.05) is 0 Å². The normalized spacial score (nSPS) is 12.4. The molecule has 0 aliphatic rings. The summed E-state index contributed by atoms with van der Waals surface area (Å²) in [6.45, 7) is 0. The fourth-order valence-corrected chi connectivity index (χ4v) is 1.14. The Morgan fingerprint density at radius 3 is 3.07 bits per heavy atom. The number of aromatic amines is 1. The average molecular weight is 216 g/mol. The van der Waals surface area contributed by atoms with E-state index < -0.39 is 12.0 Å². The van der Waals surface area contributed by atoms with E-state index in [1.54, 1.807) is 6.20 Å². The zero-order chi connectivity index (χ0) is 10.6. The molecule has 6 nitrogen and oxygen atoms in total. The maximum atomic E-state index is 10.4. The molecule has 0 aromatic carbocycles. The number of aryl methyl sites for hydroxylation is 1. The number of nitrogens with one attached hydrogen (secondary N) is 2. The highest BCUT2D eigenvalue weighted by molar-refractivity contribution is 7.18. The molecule has 14 heavy (non-hydrogen) atoms. The number of rotatable bonds is 5. The minimum atomic E-state index is -0.978. The van der Waals surface area contributed by atoms with Crippen LogP contribution in [0.1, 0.15) is 12.1 Å². The van der Waals surface area contributed by atoms with Crippen molar-refractivity contribution in [3.05, 3.63) is 11.9 Å². The van der Waals surface area contributed by atoms with E-state index in [0.29, 0.717) is 18.8 Å². The highest BCUT2D eigenvalue weighted by Gasteiger charge is 2.11. The van der Waals surface area contributed by atoms with Gasteiger partial charge in [-0.15, -0.1) is 0 Å². The summed E-state index contributed by atoms with van der Waals surface area (Å²) in [5, 5.41) is 11.3. The number of hydrogen-bond acceptors (Lipinski definition) is 4. The summed E-state index contributed by atoms with van der Waals surface area (Å²) in [7, 11) is 2.31. The molecule has 0 bridgehead atoms. The average Bonchev–Trinajstić information content (AvgIpc) is 2.61. The molecule has 0 fully saturated rings. The zero-order valence-electron chi connectivity index (χ0n) is 7.53. The van der Waals surface area contributed by atoms with Crippen LogP contribution in [0.5, 0.6) is 0 Å². The van der Waals surface area contributed by atoms with Crippen LogP contribution in [0.15, 0.2) is 6.20 Å². The molecule has 0 saturated carbocycles. The second-order valence-electron chi connectivity index (χ2n) is 2.88. The number of aromatic nitrogens is 2. The Morgan fingerprint density at radius 2 is 2.57 bits per heavy atom. The van der Waals surface area contributed by atoms with E-state index in [4.69, 9.17) is 10.8 Å². The van der Waals surface area contributed by atoms with E-state index in [9.17, 15) is 4.79 Å². The molecular weight excluding hydrogens is 203 g/mol. The summed E-state index contributed by atoms with van der Waals surface area (Å²) >= 11 is 0. The number of nitrogens with two attached hydrogens (primary N) is 1. The first kappa shape index (κ1) is 10.9. The third-order valence-electron chi connectivity index (χ3n) is 1.81. The van der Waals surface area contributed by atoms with Gasteiger partial charge in [-0.1, -0.05) is 0 Å². The lowest BCUT2D eigenvalue weighted by atomic mass is 10.1. The minimum Gasteiger partial charge on any atom is -0.480 e. The van der Waals surface area contributed by atoms with Crippen molar-refractivity contribution in [1.82, 2.24) is 9.97 Å². The molecular formula is C7H13N4O2P. The van der Waals surface area contributed by atoms with E-state index in [0.717, 1.165) is 5.69 Å². The smallest absolute Gasteiger partial charge is 0.320 e. The quantitative estimate of drug-likeness (QED) is 0.517. The third-order valence-corrected chi connectivity index (χ3v) is 2.08. The predicted octanol–water partition coefficient (Wildman–Crippen LogP) is -0.0438. The van der Waals surface area contributed by atoms with E-state index in [1.165, 1.54) is 0 Å². The summed E-state index contributed by atoms with van der Waals surface area (Å²) in [6, 6.07) is -0.814. The first-order valence-corrected chi connectivity index (χ1v) is 4.70. The van der Waals surface area contributed by atoms with Gasteiger partial charge in [0.05, 0.1) is 6.20 Å². The molecule has 0 radical (unpaired) electrons. The summed E-state index contributed by atoms with van der Waals surface area (Å²) in [4.78, 5) is 17.4. The Kier molecular flexibility index (Phi) is 3.85. The van der Waals surface area contributed by atoms with Gasteiger partial charge in [-0.2, -0.15) is 0 Å². The van der Waals surface area contributed by atoms with Gasteiger partial charge in [0.1, 0.15) is 6.04 Å². The second kappa shape index (κ2) is 4.93. The van der Waals surface area contributed by atoms with Crippen molar-refractivity contribution in [1.29, 1.82) is 0 Å². The van der Waals surface area contributed by atoms with Crippen LogP contribution in [0.3, 0.4) is 0 Å². The monoisotopic (exact) mass is 216 g/mol. The highest BCUT2D eigenvalue weighted by atomic mass is 31.0. The summed E-state index contributed by atoms with van der Waals surface area (Å²) < 4.78 is 0. The van der Waals surface area contributed by atoms with Gasteiger partial charge in [0.2, 0.25) is 5.95 Å². The molecule has 1 heterocycles. The summed E-state index contributed by atoms with van der Waals surface area (Å²) in [6.07, 6.45) is 2.63. The number of carbonyl (C=O) groups is 1. The van der Waals surface area contributed by atoms with Gasteiger partial charge < -0.3 is 20.9 Å². The van der Waals surface area contributed by atoms with Crippen LogP contribution in [0.25, 0.3) is 0 Å². The van der Waals surface area contributed by atoms with Crippen LogP contribution in [-0.2, 0) is 11.2 Å². The van der Waals surface area contributed by atoms with Crippen LogP contribution in [0, 0.1) is 0 Å². The molecule has 0 aliphatic carbocycles. The highest BCUT2D eigenvalue weighted by Crippen LogP contribution is 2.06. The molecule has 0 saturated heterocycles. The lowest BCUT2D eigenvalue weighted by Crippen LogP contribution is -2.30. The van der Waals surface area contributed by atoms with Gasteiger partial charge >= 0.3 is 5.97 Å². The molecule has 2 atom stereocenters. The van der Waals surface area contributed by atoms with Crippen molar-refractivity contribution in [2.24, 2.45) is 5.73 Å². The maximum absolute atomic E-state index is 10.4. The third kappa shape index (κ3) is 2.97. The van der Waals surface area contributed by atoms with Crippen LogP contribution in [0.2, 0.25) is 0 Å². The van der Waals surface area contributed by atoms with E-state index >= 15 is 0 Å². The SMILES string of the molecule is NC(CCc1cnc(NP)[nH]1)C(=O)O. The van der Waals surface area contributed by atoms with Gasteiger partial charge in [0.15, 0.2) is 0 Å². The van der Waals surface area contributed by atoms with Gasteiger partial charge in [-0.05, 0) is 22.2 Å². The van der Waals surface area contributed by atoms with Crippen LogP contribution in [0.4, 0.5) is 5.95 Å². The molecule has 7 heteroatoms. The lowest BCUT2D eigenvalue weighted by molar-refractivity contribution is -0.138. The molecule has 2 unspecified atom stereocenters. The van der Waals surface area contributed by atoms with Gasteiger partial charge in [0.25, 0.3) is 0 Å². The van der Waals surface area contributed by atoms with Gasteiger partial charge in [-0.25, -0.2) is 4.98 Å². The molecule has 0 spiro atoms. The van der Waals surface area contributed by atoms with Crippen LogP contribution < -0.4 is 10.8 Å². The number of aliphatic carboxylic acids is 1. The second-order valence-corrected chi connectivity index (χ2v) is 3.17. The Bertz CT molecular complexity index is 314. The van der Waals surface area contributed by atoms with Gasteiger partial charge in [-0.3, -0.25) is 4.79 Å². The van der Waals surface area contributed by atoms with Crippen molar-refractivity contribution in [3.8, 4) is 0 Å². The van der Waals surface area contributed by atoms with E-state index in [2.05, 4.69) is 24.4 Å². The van der Waals surface area contributed by atoms with Crippen molar-refractivity contribution in [2.45, 2.75) is 18.9 Å². The minimum absolute atomic E-state index is 0.397. The standard InChI is InChI=1S/C7H13N4O2P/c8-5(6(12)13)2-1-4-3-9-7(10-4)11-14/h3,5H,1-2,8,14H2,(H,12,13)(H2,9,10,11). The molecule has 1 rings (SSSR count). The predicted molar refractivity (Wildman–Crippen MR) is 55.9 cm³/mol. The van der Waals surface area contributed by atoms with Gasteiger partial charge in [0, 0.05) is 5.69 Å². The fraction of sp³-hybridized carbons (Fsp3) is 0.429. The van der Waals surface area contributed by atoms with Crippen LogP contribution >= 0.6 is 9.39 Å². The molecule has 5 N–H and O–H groups in total. The van der Waals surface area contributed by atoms with Crippen molar-refractivity contribution in [2.75, 3.05) is 5.09 Å². The Balaban J connectivity index is 2.41. The summed E-state index contributed by atoms with van der Waals surface area (Å²) in [5.74, 6) is -0.345. The first-order valence-electron chi connectivity index (χ1n) is 4.12.